The van der Waals surface area contributed by atoms with Crippen LogP contribution in [0, 0.1) is 0 Å². The van der Waals surface area contributed by atoms with Crippen LogP contribution in [0.4, 0.5) is 5.69 Å². The molecule has 0 fully saturated rings. The Morgan fingerprint density at radius 1 is 0.947 bits per heavy atom. The van der Waals surface area contributed by atoms with Crippen molar-refractivity contribution in [3.05, 3.63) is 95.5 Å². The monoisotopic (exact) mass is 513 g/mol. The van der Waals surface area contributed by atoms with Crippen LogP contribution in [0.5, 0.6) is 17.2 Å². The summed E-state index contributed by atoms with van der Waals surface area (Å²) >= 11 is 0. The Bertz CT molecular complexity index is 1520. The number of para-hydroxylation sites is 1. The zero-order valence-electron chi connectivity index (χ0n) is 21.3. The molecule has 1 aromatic heterocycles. The van der Waals surface area contributed by atoms with E-state index in [1.807, 2.05) is 13.8 Å². The van der Waals surface area contributed by atoms with E-state index >= 15 is 0 Å². The summed E-state index contributed by atoms with van der Waals surface area (Å²) in [4.78, 5) is 28.7. The number of ketones is 1. The molecular weight excluding hydrogens is 486 g/mol. The summed E-state index contributed by atoms with van der Waals surface area (Å²) in [6.45, 7) is 4.77. The molecule has 0 saturated heterocycles. The number of carbonyl (C=O) groups excluding carboxylic acids is 2. The second kappa shape index (κ2) is 10.3. The Hall–Kier alpha value is -4.72. The summed E-state index contributed by atoms with van der Waals surface area (Å²) in [5.41, 5.74) is 1.45. The predicted octanol–water partition coefficient (Wildman–Crippen LogP) is 6.02. The van der Waals surface area contributed by atoms with Gasteiger partial charge >= 0.3 is 0 Å². The lowest BCUT2D eigenvalue weighted by Gasteiger charge is -2.27. The quantitative estimate of drug-likeness (QED) is 0.273. The summed E-state index contributed by atoms with van der Waals surface area (Å²) in [7, 11) is 1.51. The summed E-state index contributed by atoms with van der Waals surface area (Å²) in [6, 6.07) is 20.0. The molecule has 1 aliphatic heterocycles. The number of fused-ring (bicyclic) bond motifs is 1. The van der Waals surface area contributed by atoms with Gasteiger partial charge in [0, 0.05) is 11.1 Å². The summed E-state index contributed by atoms with van der Waals surface area (Å²) < 4.78 is 22.3. The number of aliphatic hydroxyl groups is 1. The highest BCUT2D eigenvalue weighted by molar-refractivity contribution is 6.20. The summed E-state index contributed by atoms with van der Waals surface area (Å²) in [5, 5.41) is 11.7. The largest absolute Gasteiger partial charge is 0.503 e. The third-order valence-corrected chi connectivity index (χ3v) is 6.34. The van der Waals surface area contributed by atoms with Gasteiger partial charge in [-0.05, 0) is 67.9 Å². The van der Waals surface area contributed by atoms with E-state index in [9.17, 15) is 14.7 Å². The van der Waals surface area contributed by atoms with Crippen molar-refractivity contribution in [3.63, 3.8) is 0 Å². The molecule has 1 N–H and O–H groups in total. The second-order valence-corrected chi connectivity index (χ2v) is 8.59. The highest BCUT2D eigenvalue weighted by Gasteiger charge is 2.45. The van der Waals surface area contributed by atoms with Gasteiger partial charge in [0.05, 0.1) is 31.9 Å². The first kappa shape index (κ1) is 25.0. The maximum Gasteiger partial charge on any atom is 0.294 e. The summed E-state index contributed by atoms with van der Waals surface area (Å²) in [5.74, 6) is -0.157. The number of benzene rings is 3. The Balaban J connectivity index is 1.61. The molecule has 0 saturated carbocycles. The smallest absolute Gasteiger partial charge is 0.294 e. The number of Topliss-reactive ketones (excluding diaryl/α,β-unsaturated/α-hetero) is 1. The fraction of sp³-hybridized carbons (Fsp3) is 0.200. The molecule has 194 valence electrons. The molecule has 8 heteroatoms. The number of carbonyl (C=O) groups is 2. The van der Waals surface area contributed by atoms with Crippen LogP contribution in [0.25, 0.3) is 11.0 Å². The van der Waals surface area contributed by atoms with E-state index in [1.165, 1.54) is 12.0 Å². The van der Waals surface area contributed by atoms with Crippen molar-refractivity contribution in [3.8, 4) is 17.2 Å². The van der Waals surface area contributed by atoms with Crippen molar-refractivity contribution in [2.75, 3.05) is 25.2 Å². The highest BCUT2D eigenvalue weighted by atomic mass is 16.5. The highest BCUT2D eigenvalue weighted by Crippen LogP contribution is 2.43. The van der Waals surface area contributed by atoms with Gasteiger partial charge in [0.15, 0.2) is 22.9 Å². The first-order chi connectivity index (χ1) is 18.5. The number of hydrogen-bond acceptors (Lipinski definition) is 7. The van der Waals surface area contributed by atoms with Crippen LogP contribution in [0.1, 0.15) is 36.0 Å². The van der Waals surface area contributed by atoms with E-state index in [1.54, 1.807) is 72.8 Å². The Labute approximate surface area is 219 Å². The zero-order valence-corrected chi connectivity index (χ0v) is 21.3. The number of amides is 1. The number of ether oxygens (including phenoxy) is 3. The molecule has 3 aromatic carbocycles. The van der Waals surface area contributed by atoms with Gasteiger partial charge in [0.1, 0.15) is 11.5 Å². The SMILES string of the molecule is CCOc1ccc(C2C(C(=O)c3cc4cccc(OC)c4o3)=C(O)C(=O)N2c2ccc(OCC)cc2)cc1. The van der Waals surface area contributed by atoms with Crippen LogP contribution in [-0.4, -0.2) is 37.1 Å². The fourth-order valence-corrected chi connectivity index (χ4v) is 4.64. The van der Waals surface area contributed by atoms with Gasteiger partial charge < -0.3 is 23.7 Å². The number of anilines is 1. The molecule has 0 bridgehead atoms. The van der Waals surface area contributed by atoms with Gasteiger partial charge in [-0.1, -0.05) is 24.3 Å². The lowest BCUT2D eigenvalue weighted by atomic mass is 9.94. The zero-order chi connectivity index (χ0) is 26.8. The van der Waals surface area contributed by atoms with Gasteiger partial charge in [-0.25, -0.2) is 0 Å². The molecule has 2 heterocycles. The molecule has 1 aliphatic rings. The van der Waals surface area contributed by atoms with Crippen LogP contribution in [0.3, 0.4) is 0 Å². The minimum absolute atomic E-state index is 0.0108. The normalized spacial score (nSPS) is 15.3. The molecule has 1 unspecified atom stereocenters. The molecule has 0 aliphatic carbocycles. The van der Waals surface area contributed by atoms with Gasteiger partial charge in [0.2, 0.25) is 5.78 Å². The van der Waals surface area contributed by atoms with Crippen LogP contribution in [0.2, 0.25) is 0 Å². The van der Waals surface area contributed by atoms with Gasteiger partial charge in [-0.15, -0.1) is 0 Å². The first-order valence-corrected chi connectivity index (χ1v) is 12.3. The van der Waals surface area contributed by atoms with E-state index < -0.39 is 23.5 Å². The Morgan fingerprint density at radius 3 is 2.18 bits per heavy atom. The standard InChI is InChI=1S/C30H27NO7/c1-4-36-21-13-9-18(10-14-21)26-25(27(32)24-17-19-7-6-8-23(35-3)29(19)38-24)28(33)30(34)31(26)20-11-15-22(16-12-20)37-5-2/h6-17,26,33H,4-5H2,1-3H3. The van der Waals surface area contributed by atoms with E-state index in [4.69, 9.17) is 18.6 Å². The first-order valence-electron chi connectivity index (χ1n) is 12.3. The average Bonchev–Trinajstić information content (AvgIpc) is 3.49. The maximum atomic E-state index is 13.9. The lowest BCUT2D eigenvalue weighted by Crippen LogP contribution is -2.31. The lowest BCUT2D eigenvalue weighted by molar-refractivity contribution is -0.117. The number of rotatable bonds is 9. The van der Waals surface area contributed by atoms with Crippen molar-refractivity contribution in [2.45, 2.75) is 19.9 Å². The molecule has 0 radical (unpaired) electrons. The number of nitrogens with zero attached hydrogens (tertiary/aromatic N) is 1. The Kier molecular flexibility index (Phi) is 6.79. The molecule has 8 nitrogen and oxygen atoms in total. The van der Waals surface area contributed by atoms with Crippen molar-refractivity contribution < 1.29 is 33.3 Å². The molecule has 1 amide bonds. The number of hydrogen-bond donors (Lipinski definition) is 1. The molecule has 38 heavy (non-hydrogen) atoms. The van der Waals surface area contributed by atoms with Crippen molar-refractivity contribution in [1.82, 2.24) is 0 Å². The number of aliphatic hydroxyl groups excluding tert-OH is 1. The van der Waals surface area contributed by atoms with Crippen LogP contribution in [0.15, 0.2) is 88.5 Å². The predicted molar refractivity (Wildman–Crippen MR) is 142 cm³/mol. The van der Waals surface area contributed by atoms with E-state index in [-0.39, 0.29) is 11.3 Å². The molecule has 4 aromatic rings. The molecule has 1 atom stereocenters. The minimum Gasteiger partial charge on any atom is -0.503 e. The minimum atomic E-state index is -0.904. The van der Waals surface area contributed by atoms with Crippen molar-refractivity contribution in [2.24, 2.45) is 0 Å². The third kappa shape index (κ3) is 4.34. The van der Waals surface area contributed by atoms with E-state index in [0.29, 0.717) is 52.7 Å². The van der Waals surface area contributed by atoms with Gasteiger partial charge in [0.25, 0.3) is 5.91 Å². The van der Waals surface area contributed by atoms with Crippen LogP contribution < -0.4 is 19.1 Å². The third-order valence-electron chi connectivity index (χ3n) is 6.34. The van der Waals surface area contributed by atoms with Gasteiger partial charge in [-0.2, -0.15) is 0 Å². The topological polar surface area (TPSA) is 98.4 Å². The molecule has 0 spiro atoms. The number of methoxy groups -OCH3 is 1. The van der Waals surface area contributed by atoms with E-state index in [0.717, 1.165) is 0 Å². The Morgan fingerprint density at radius 2 is 1.58 bits per heavy atom. The van der Waals surface area contributed by atoms with Crippen LogP contribution >= 0.6 is 0 Å². The second-order valence-electron chi connectivity index (χ2n) is 8.59. The fourth-order valence-electron chi connectivity index (χ4n) is 4.64. The van der Waals surface area contributed by atoms with Crippen LogP contribution in [-0.2, 0) is 4.79 Å². The van der Waals surface area contributed by atoms with Crippen molar-refractivity contribution >= 4 is 28.3 Å². The average molecular weight is 514 g/mol. The van der Waals surface area contributed by atoms with E-state index in [2.05, 4.69) is 0 Å². The molecule has 5 rings (SSSR count). The molecular formula is C30H27NO7. The van der Waals surface area contributed by atoms with Crippen molar-refractivity contribution in [1.29, 1.82) is 0 Å². The number of furan rings is 1. The van der Waals surface area contributed by atoms with Gasteiger partial charge in [-0.3, -0.25) is 14.5 Å². The summed E-state index contributed by atoms with van der Waals surface area (Å²) in [6.07, 6.45) is 0. The maximum absolute atomic E-state index is 13.9.